The molecule has 47 heavy (non-hydrogen) atoms. The summed E-state index contributed by atoms with van der Waals surface area (Å²) in [4.78, 5) is 53.2. The van der Waals surface area contributed by atoms with Crippen molar-refractivity contribution in [1.82, 2.24) is 20.2 Å². The number of carbonyl (C=O) groups is 3. The van der Waals surface area contributed by atoms with E-state index in [0.29, 0.717) is 30.0 Å². The van der Waals surface area contributed by atoms with Crippen molar-refractivity contribution in [2.24, 2.45) is 17.8 Å². The van der Waals surface area contributed by atoms with E-state index in [1.54, 1.807) is 18.9 Å². The van der Waals surface area contributed by atoms with E-state index in [1.807, 2.05) is 25.1 Å². The third-order valence-electron chi connectivity index (χ3n) is 11.5. The first-order valence-corrected chi connectivity index (χ1v) is 18.0. The van der Waals surface area contributed by atoms with E-state index in [9.17, 15) is 14.4 Å². The number of ketones is 1. The quantitative estimate of drug-likeness (QED) is 0.396. The van der Waals surface area contributed by atoms with Crippen molar-refractivity contribution in [2.45, 2.75) is 134 Å². The topological polar surface area (TPSA) is 120 Å². The van der Waals surface area contributed by atoms with Gasteiger partial charge in [-0.3, -0.25) is 9.59 Å². The van der Waals surface area contributed by atoms with Crippen molar-refractivity contribution >= 4 is 28.8 Å². The molecule has 2 amide bonds. The molecule has 6 atom stereocenters. The number of nitrogens with zero attached hydrogens (tertiary/aromatic N) is 3. The average Bonchev–Trinajstić information content (AvgIpc) is 3.62. The van der Waals surface area contributed by atoms with Crippen LogP contribution in [0.25, 0.3) is 11.0 Å². The molecule has 3 heterocycles. The van der Waals surface area contributed by atoms with Crippen molar-refractivity contribution in [3.8, 4) is 11.6 Å². The summed E-state index contributed by atoms with van der Waals surface area (Å²) in [6, 6.07) is 4.25. The van der Waals surface area contributed by atoms with Gasteiger partial charge in [-0.2, -0.15) is 0 Å². The van der Waals surface area contributed by atoms with Crippen LogP contribution in [0.4, 0.5) is 4.79 Å². The molecule has 6 rings (SSSR count). The number of hydrogen-bond acceptors (Lipinski definition) is 8. The molecule has 4 aliphatic rings. The maximum Gasteiger partial charge on any atom is 0.408 e. The number of hydrogen-bond donors (Lipinski definition) is 1. The Balaban J connectivity index is 1.39. The fourth-order valence-electron chi connectivity index (χ4n) is 8.87. The molecular formula is C37H52N4O6. The monoisotopic (exact) mass is 648 g/mol. The summed E-state index contributed by atoms with van der Waals surface area (Å²) < 4.78 is 18.4. The highest BCUT2D eigenvalue weighted by molar-refractivity contribution is 5.92. The fraction of sp³-hybridized carbons (Fsp3) is 0.703. The Morgan fingerprint density at radius 1 is 1.02 bits per heavy atom. The van der Waals surface area contributed by atoms with Crippen LogP contribution in [0.3, 0.4) is 0 Å². The van der Waals surface area contributed by atoms with Crippen LogP contribution in [0.5, 0.6) is 11.6 Å². The maximum atomic E-state index is 14.6. The molecule has 256 valence electrons. The van der Waals surface area contributed by atoms with Gasteiger partial charge in [0.2, 0.25) is 11.8 Å². The van der Waals surface area contributed by atoms with Gasteiger partial charge in [0, 0.05) is 12.0 Å². The summed E-state index contributed by atoms with van der Waals surface area (Å²) in [5.41, 5.74) is 1.68. The Hall–Kier alpha value is -3.43. The van der Waals surface area contributed by atoms with E-state index < -0.39 is 29.9 Å². The smallest absolute Gasteiger partial charge is 0.408 e. The minimum absolute atomic E-state index is 0.0119. The Labute approximate surface area is 278 Å². The molecular weight excluding hydrogens is 596 g/mol. The van der Waals surface area contributed by atoms with E-state index in [4.69, 9.17) is 24.2 Å². The molecule has 2 saturated carbocycles. The van der Waals surface area contributed by atoms with Gasteiger partial charge in [0.25, 0.3) is 0 Å². The standard InChI is InChI=1S/C37H52N4O6/c1-5-27-31-22-41(33(27)23(2)42)35(43)32(24-13-8-6-9-14-24)40-36(44)47-37(3)20-12-16-25(37)15-10-7-11-17-29-34(46-31)39-30-21-26(45-4)18-19-28(30)38-29/h18-19,21,24-25,27,31-33H,5-17,20,22H2,1-4H3,(H,40,44)/t25?,27-,31+,32+,33-,37-/m1/s1. The number of amides is 2. The second-order valence-electron chi connectivity index (χ2n) is 14.5. The zero-order valence-corrected chi connectivity index (χ0v) is 28.6. The molecule has 2 aromatic rings. The first-order chi connectivity index (χ1) is 22.7. The lowest BCUT2D eigenvalue weighted by atomic mass is 9.83. The first-order valence-electron chi connectivity index (χ1n) is 18.0. The highest BCUT2D eigenvalue weighted by Crippen LogP contribution is 2.42. The summed E-state index contributed by atoms with van der Waals surface area (Å²) in [7, 11) is 1.63. The second kappa shape index (κ2) is 14.4. The van der Waals surface area contributed by atoms with E-state index in [-0.39, 0.29) is 36.0 Å². The van der Waals surface area contributed by atoms with Gasteiger partial charge < -0.3 is 24.4 Å². The molecule has 10 nitrogen and oxygen atoms in total. The minimum atomic E-state index is -0.758. The van der Waals surface area contributed by atoms with Gasteiger partial charge in [0.05, 0.1) is 30.7 Å². The predicted octanol–water partition coefficient (Wildman–Crippen LogP) is 6.56. The molecule has 10 heteroatoms. The molecule has 1 aromatic carbocycles. The van der Waals surface area contributed by atoms with Crippen molar-refractivity contribution in [3.05, 3.63) is 23.9 Å². The molecule has 2 aliphatic carbocycles. The van der Waals surface area contributed by atoms with Crippen LogP contribution in [-0.2, 0) is 20.7 Å². The van der Waals surface area contributed by atoms with E-state index >= 15 is 0 Å². The van der Waals surface area contributed by atoms with Gasteiger partial charge in [-0.25, -0.2) is 14.8 Å². The normalized spacial score (nSPS) is 31.1. The van der Waals surface area contributed by atoms with Gasteiger partial charge in [-0.15, -0.1) is 0 Å². The summed E-state index contributed by atoms with van der Waals surface area (Å²) in [6.07, 6.45) is 12.0. The Morgan fingerprint density at radius 3 is 2.51 bits per heavy atom. The molecule has 1 aromatic heterocycles. The van der Waals surface area contributed by atoms with Crippen molar-refractivity contribution < 1.29 is 28.6 Å². The van der Waals surface area contributed by atoms with Gasteiger partial charge in [0.15, 0.2) is 5.78 Å². The van der Waals surface area contributed by atoms with E-state index in [2.05, 4.69) is 12.2 Å². The number of fused-ring (bicyclic) bond motifs is 5. The molecule has 1 N–H and O–H groups in total. The Kier molecular flexibility index (Phi) is 10.2. The Morgan fingerprint density at radius 2 is 1.77 bits per heavy atom. The third kappa shape index (κ3) is 7.07. The van der Waals surface area contributed by atoms with Crippen molar-refractivity contribution in [2.75, 3.05) is 13.7 Å². The van der Waals surface area contributed by atoms with Crippen LogP contribution in [0.2, 0.25) is 0 Å². The van der Waals surface area contributed by atoms with Crippen LogP contribution in [0.1, 0.15) is 110 Å². The number of benzene rings is 1. The van der Waals surface area contributed by atoms with E-state index in [0.717, 1.165) is 88.3 Å². The largest absolute Gasteiger partial charge is 0.497 e. The van der Waals surface area contributed by atoms with E-state index in [1.165, 1.54) is 0 Å². The number of nitrogens with one attached hydrogen (secondary N) is 1. The van der Waals surface area contributed by atoms with Crippen LogP contribution < -0.4 is 14.8 Å². The Bertz CT molecular complexity index is 1460. The number of Topliss-reactive ketones (excluding diaryl/α,β-unsaturated/α-hetero) is 1. The predicted molar refractivity (Wildman–Crippen MR) is 178 cm³/mol. The van der Waals surface area contributed by atoms with Gasteiger partial charge in [-0.05, 0) is 95.6 Å². The highest BCUT2D eigenvalue weighted by atomic mass is 16.6. The molecule has 0 spiro atoms. The number of ether oxygens (including phenoxy) is 3. The molecule has 1 unspecified atom stereocenters. The SMILES string of the molecule is CC[C@@H]1[C@@H]2CN(C(=O)[C@H](C3CCCCC3)NC(=O)O[C@]3(C)CCCC3CCCCCc3nc4ccc(OC)cc4nc3O2)[C@@H]1C(C)=O. The van der Waals surface area contributed by atoms with Crippen LogP contribution in [0, 0.1) is 17.8 Å². The summed E-state index contributed by atoms with van der Waals surface area (Å²) in [5, 5.41) is 3.06. The number of aryl methyl sites for hydroxylation is 1. The van der Waals surface area contributed by atoms with Crippen LogP contribution in [0.15, 0.2) is 18.2 Å². The molecule has 1 saturated heterocycles. The molecule has 3 fully saturated rings. The van der Waals surface area contributed by atoms with Crippen LogP contribution >= 0.6 is 0 Å². The lowest BCUT2D eigenvalue weighted by Crippen LogP contribution is -2.56. The van der Waals surface area contributed by atoms with Crippen LogP contribution in [-0.4, -0.2) is 70.1 Å². The van der Waals surface area contributed by atoms with Gasteiger partial charge in [0.1, 0.15) is 29.2 Å². The summed E-state index contributed by atoms with van der Waals surface area (Å²) >= 11 is 0. The van der Waals surface area contributed by atoms with Crippen molar-refractivity contribution in [3.63, 3.8) is 0 Å². The molecule has 0 radical (unpaired) electrons. The number of methoxy groups -OCH3 is 1. The van der Waals surface area contributed by atoms with Gasteiger partial charge >= 0.3 is 6.09 Å². The fourth-order valence-corrected chi connectivity index (χ4v) is 8.87. The summed E-state index contributed by atoms with van der Waals surface area (Å²) in [6.45, 7) is 5.88. The van der Waals surface area contributed by atoms with Crippen molar-refractivity contribution in [1.29, 1.82) is 0 Å². The zero-order valence-electron chi connectivity index (χ0n) is 28.6. The average molecular weight is 649 g/mol. The van der Waals surface area contributed by atoms with Gasteiger partial charge in [-0.1, -0.05) is 39.0 Å². The number of rotatable bonds is 4. The number of aromatic nitrogens is 2. The number of carbonyl (C=O) groups excluding carboxylic acids is 3. The second-order valence-corrected chi connectivity index (χ2v) is 14.5. The molecule has 2 bridgehead atoms. The lowest BCUT2D eigenvalue weighted by molar-refractivity contribution is -0.141. The third-order valence-corrected chi connectivity index (χ3v) is 11.5. The highest BCUT2D eigenvalue weighted by Gasteiger charge is 2.50. The first kappa shape index (κ1) is 33.5. The summed E-state index contributed by atoms with van der Waals surface area (Å²) in [5.74, 6) is 0.878. The zero-order chi connectivity index (χ0) is 33.1. The lowest BCUT2D eigenvalue weighted by Gasteiger charge is -2.36. The maximum absolute atomic E-state index is 14.6. The number of alkyl carbamates (subject to hydrolysis) is 1. The minimum Gasteiger partial charge on any atom is -0.497 e. The molecule has 2 aliphatic heterocycles.